The van der Waals surface area contributed by atoms with Crippen LogP contribution in [0, 0.1) is 0 Å². The number of hydrogen-bond donors (Lipinski definition) is 0. The number of fused-ring (bicyclic) bond motifs is 4. The maximum atomic E-state index is 13.2. The first-order valence-electron chi connectivity index (χ1n) is 9.47. The molecule has 0 fully saturated rings. The van der Waals surface area contributed by atoms with Crippen LogP contribution in [0.4, 0.5) is 0 Å². The Morgan fingerprint density at radius 1 is 0.966 bits per heavy atom. The van der Waals surface area contributed by atoms with Crippen molar-refractivity contribution in [2.45, 2.75) is 26.1 Å². The summed E-state index contributed by atoms with van der Waals surface area (Å²) in [7, 11) is 3.07. The molecule has 2 aliphatic heterocycles. The van der Waals surface area contributed by atoms with Crippen molar-refractivity contribution in [2.75, 3.05) is 20.8 Å². The predicted molar refractivity (Wildman–Crippen MR) is 106 cm³/mol. The van der Waals surface area contributed by atoms with E-state index < -0.39 is 5.79 Å². The van der Waals surface area contributed by atoms with Crippen molar-refractivity contribution in [1.82, 2.24) is 0 Å². The number of carbonyl (C=O) groups excluding carboxylic acids is 1. The summed E-state index contributed by atoms with van der Waals surface area (Å²) in [5.41, 5.74) is 1.11. The fourth-order valence-corrected chi connectivity index (χ4v) is 3.51. The second kappa shape index (κ2) is 7.24. The van der Waals surface area contributed by atoms with Crippen molar-refractivity contribution in [1.29, 1.82) is 0 Å². The first-order chi connectivity index (χ1) is 14.1. The molecule has 0 aliphatic carbocycles. The number of furan rings is 1. The molecule has 2 aromatic carbocycles. The van der Waals surface area contributed by atoms with Crippen LogP contribution in [0.15, 0.2) is 41.0 Å². The molecule has 7 nitrogen and oxygen atoms in total. The molecule has 29 heavy (non-hydrogen) atoms. The second-order valence-electron chi connectivity index (χ2n) is 6.31. The lowest BCUT2D eigenvalue weighted by Gasteiger charge is -2.25. The van der Waals surface area contributed by atoms with Gasteiger partial charge in [-0.3, -0.25) is 4.79 Å². The van der Waals surface area contributed by atoms with E-state index in [2.05, 4.69) is 0 Å². The van der Waals surface area contributed by atoms with Gasteiger partial charge < -0.3 is 28.1 Å². The number of benzene rings is 2. The van der Waals surface area contributed by atoms with E-state index in [-0.39, 0.29) is 18.8 Å². The Labute approximate surface area is 168 Å². The normalized spacial score (nSPS) is 19.1. The summed E-state index contributed by atoms with van der Waals surface area (Å²) in [6.45, 7) is 4.25. The Hall–Kier alpha value is -3.35. The maximum absolute atomic E-state index is 13.2. The van der Waals surface area contributed by atoms with E-state index in [1.54, 1.807) is 43.7 Å². The fraction of sp³-hybridized carbons (Fsp3) is 0.318. The highest BCUT2D eigenvalue weighted by Crippen LogP contribution is 2.48. The fourth-order valence-electron chi connectivity index (χ4n) is 3.51. The molecule has 3 heterocycles. The Morgan fingerprint density at radius 3 is 2.41 bits per heavy atom. The molecule has 1 aromatic heterocycles. The van der Waals surface area contributed by atoms with Gasteiger partial charge in [0.15, 0.2) is 23.0 Å². The largest absolute Gasteiger partial charge is 0.493 e. The van der Waals surface area contributed by atoms with E-state index in [1.165, 1.54) is 7.11 Å². The van der Waals surface area contributed by atoms with Gasteiger partial charge in [0.2, 0.25) is 0 Å². The van der Waals surface area contributed by atoms with Crippen molar-refractivity contribution in [3.05, 3.63) is 42.2 Å². The van der Waals surface area contributed by atoms with Crippen LogP contribution in [0.25, 0.3) is 11.0 Å². The highest BCUT2D eigenvalue weighted by Gasteiger charge is 2.52. The van der Waals surface area contributed by atoms with Crippen LogP contribution in [0.2, 0.25) is 0 Å². The van der Waals surface area contributed by atoms with Crippen molar-refractivity contribution >= 4 is 16.8 Å². The number of ketones is 1. The lowest BCUT2D eigenvalue weighted by Crippen LogP contribution is -2.46. The topological polar surface area (TPSA) is 76.4 Å². The zero-order valence-corrected chi connectivity index (χ0v) is 16.7. The van der Waals surface area contributed by atoms with Crippen molar-refractivity contribution in [2.24, 2.45) is 0 Å². The summed E-state index contributed by atoms with van der Waals surface area (Å²) in [6.07, 6.45) is 1.80. The van der Waals surface area contributed by atoms with Gasteiger partial charge in [0.1, 0.15) is 11.3 Å². The molecule has 1 unspecified atom stereocenters. The highest BCUT2D eigenvalue weighted by atomic mass is 16.7. The van der Waals surface area contributed by atoms with Crippen LogP contribution >= 0.6 is 0 Å². The summed E-state index contributed by atoms with van der Waals surface area (Å²) in [5.74, 6) is 0.538. The van der Waals surface area contributed by atoms with Crippen LogP contribution in [0.1, 0.15) is 30.6 Å². The molecule has 1 spiro atoms. The molecule has 1 atom stereocenters. The average molecular weight is 398 g/mol. The van der Waals surface area contributed by atoms with Gasteiger partial charge in [0, 0.05) is 12.1 Å². The molecule has 0 amide bonds. The third kappa shape index (κ3) is 2.85. The van der Waals surface area contributed by atoms with E-state index in [0.717, 1.165) is 5.39 Å². The van der Waals surface area contributed by atoms with Crippen LogP contribution in [-0.4, -0.2) is 32.4 Å². The van der Waals surface area contributed by atoms with Gasteiger partial charge in [0.05, 0.1) is 44.5 Å². The number of methoxy groups -OCH3 is 2. The molecule has 152 valence electrons. The standard InChI is InChI=1S/C20H16O7.C2H6/c1-22-14-9-16-17(10-15(14)23-2)26-20(6-8-25-16)19(21)12-3-4-13-11(5-7-24-13)18(12)27-20;1-2/h3-5,7,9-10H,6,8H2,1-2H3;1-2H3. The third-order valence-electron chi connectivity index (χ3n) is 4.86. The van der Waals surface area contributed by atoms with Crippen LogP contribution in [0.5, 0.6) is 28.7 Å². The minimum Gasteiger partial charge on any atom is -0.493 e. The van der Waals surface area contributed by atoms with Gasteiger partial charge in [0.25, 0.3) is 5.78 Å². The Morgan fingerprint density at radius 2 is 1.69 bits per heavy atom. The number of ether oxygens (including phenoxy) is 5. The SMILES string of the molecule is CC.COc1cc2c(cc1OC)OC1(CCO2)Oc2c(ccc3occc23)C1=O. The first kappa shape index (κ1) is 19.0. The van der Waals surface area contributed by atoms with Gasteiger partial charge >= 0.3 is 5.79 Å². The Balaban J connectivity index is 0.000000994. The van der Waals surface area contributed by atoms with Gasteiger partial charge in [-0.2, -0.15) is 0 Å². The summed E-state index contributed by atoms with van der Waals surface area (Å²) in [6, 6.07) is 8.53. The first-order valence-corrected chi connectivity index (χ1v) is 9.47. The predicted octanol–water partition coefficient (Wildman–Crippen LogP) is 4.61. The second-order valence-corrected chi connectivity index (χ2v) is 6.31. The van der Waals surface area contributed by atoms with Crippen LogP contribution in [0.3, 0.4) is 0 Å². The summed E-state index contributed by atoms with van der Waals surface area (Å²) >= 11 is 0. The van der Waals surface area contributed by atoms with E-state index in [4.69, 9.17) is 28.1 Å². The van der Waals surface area contributed by atoms with E-state index in [9.17, 15) is 4.79 Å². The lowest BCUT2D eigenvalue weighted by molar-refractivity contribution is -0.0720. The molecule has 0 saturated carbocycles. The highest BCUT2D eigenvalue weighted by molar-refractivity contribution is 6.11. The molecule has 3 aromatic rings. The number of Topliss-reactive ketones (excluding diaryl/α,β-unsaturated/α-hetero) is 1. The van der Waals surface area contributed by atoms with Gasteiger partial charge in [-0.15, -0.1) is 0 Å². The zero-order chi connectivity index (χ0) is 20.6. The monoisotopic (exact) mass is 398 g/mol. The molecule has 0 radical (unpaired) electrons. The van der Waals surface area contributed by atoms with Gasteiger partial charge in [-0.1, -0.05) is 13.8 Å². The lowest BCUT2D eigenvalue weighted by atomic mass is 10.0. The average Bonchev–Trinajstić information content (AvgIpc) is 3.28. The van der Waals surface area contributed by atoms with E-state index in [0.29, 0.717) is 39.9 Å². The van der Waals surface area contributed by atoms with Gasteiger partial charge in [-0.05, 0) is 18.2 Å². The molecular formula is C22H22O7. The molecule has 7 heteroatoms. The number of rotatable bonds is 2. The molecule has 0 bridgehead atoms. The minimum atomic E-state index is -1.49. The zero-order valence-electron chi connectivity index (χ0n) is 16.7. The quantitative estimate of drug-likeness (QED) is 0.624. The smallest absolute Gasteiger partial charge is 0.319 e. The number of carbonyl (C=O) groups is 1. The number of hydrogen-bond acceptors (Lipinski definition) is 7. The summed E-state index contributed by atoms with van der Waals surface area (Å²) < 4.78 is 34.0. The summed E-state index contributed by atoms with van der Waals surface area (Å²) in [4.78, 5) is 13.2. The maximum Gasteiger partial charge on any atom is 0.319 e. The van der Waals surface area contributed by atoms with E-state index >= 15 is 0 Å². The molecular weight excluding hydrogens is 376 g/mol. The van der Waals surface area contributed by atoms with Gasteiger partial charge in [-0.25, -0.2) is 0 Å². The van der Waals surface area contributed by atoms with E-state index in [1.807, 2.05) is 13.8 Å². The third-order valence-corrected chi connectivity index (χ3v) is 4.86. The summed E-state index contributed by atoms with van der Waals surface area (Å²) in [5, 5.41) is 0.735. The molecule has 2 aliphatic rings. The van der Waals surface area contributed by atoms with Crippen molar-refractivity contribution in [3.63, 3.8) is 0 Å². The van der Waals surface area contributed by atoms with Crippen molar-refractivity contribution < 1.29 is 32.9 Å². The minimum absolute atomic E-state index is 0.235. The van der Waals surface area contributed by atoms with Crippen LogP contribution in [-0.2, 0) is 0 Å². The van der Waals surface area contributed by atoms with Crippen molar-refractivity contribution in [3.8, 4) is 28.7 Å². The molecule has 5 rings (SSSR count). The molecule has 0 N–H and O–H groups in total. The van der Waals surface area contributed by atoms with Crippen LogP contribution < -0.4 is 23.7 Å². The Kier molecular flexibility index (Phi) is 4.74. The molecule has 0 saturated heterocycles. The Bertz CT molecular complexity index is 1070.